The Morgan fingerprint density at radius 3 is 2.90 bits per heavy atom. The second-order valence-corrected chi connectivity index (χ2v) is 5.29. The molecule has 0 spiro atoms. The number of nitrogens with zero attached hydrogens (tertiary/aromatic N) is 1. The smallest absolute Gasteiger partial charge is 0.316 e. The Hall–Kier alpha value is -1.75. The molecule has 0 aliphatic heterocycles. The average Bonchev–Trinajstić information content (AvgIpc) is 2.95. The van der Waals surface area contributed by atoms with E-state index in [-0.39, 0.29) is 11.7 Å². The maximum atomic E-state index is 11.5. The fourth-order valence-electron chi connectivity index (χ4n) is 1.64. The van der Waals surface area contributed by atoms with Gasteiger partial charge in [-0.3, -0.25) is 4.79 Å². The van der Waals surface area contributed by atoms with Crippen LogP contribution in [0.5, 0.6) is 0 Å². The van der Waals surface area contributed by atoms with Crippen LogP contribution in [-0.2, 0) is 9.53 Å². The molecule has 20 heavy (non-hydrogen) atoms. The summed E-state index contributed by atoms with van der Waals surface area (Å²) in [5.41, 5.74) is 2.03. The summed E-state index contributed by atoms with van der Waals surface area (Å²) in [6.07, 6.45) is 3.72. The van der Waals surface area contributed by atoms with E-state index < -0.39 is 0 Å². The molecule has 5 heteroatoms. The van der Waals surface area contributed by atoms with Crippen molar-refractivity contribution in [2.75, 3.05) is 12.4 Å². The number of H-pyrrole nitrogens is 1. The number of carbonyl (C=O) groups is 1. The van der Waals surface area contributed by atoms with Crippen molar-refractivity contribution in [1.82, 2.24) is 9.97 Å². The molecule has 1 N–H and O–H groups in total. The Kier molecular flexibility index (Phi) is 5.68. The first kappa shape index (κ1) is 14.7. The molecule has 0 atom stereocenters. The molecule has 1 aromatic carbocycles. The van der Waals surface area contributed by atoms with E-state index in [1.54, 1.807) is 6.20 Å². The number of benzene rings is 1. The second kappa shape index (κ2) is 7.75. The molecule has 0 radical (unpaired) electrons. The van der Waals surface area contributed by atoms with Crippen molar-refractivity contribution in [3.63, 3.8) is 0 Å². The fraction of sp³-hybridized carbons (Fsp3) is 0.333. The molecule has 2 aromatic rings. The van der Waals surface area contributed by atoms with Crippen LogP contribution in [0.15, 0.2) is 41.7 Å². The summed E-state index contributed by atoms with van der Waals surface area (Å²) < 4.78 is 5.09. The van der Waals surface area contributed by atoms with E-state index in [9.17, 15) is 4.79 Å². The van der Waals surface area contributed by atoms with Gasteiger partial charge >= 0.3 is 5.97 Å². The maximum absolute atomic E-state index is 11.5. The van der Waals surface area contributed by atoms with E-state index in [2.05, 4.69) is 16.9 Å². The summed E-state index contributed by atoms with van der Waals surface area (Å²) in [5.74, 6) is 0.0898. The molecule has 0 aliphatic carbocycles. The summed E-state index contributed by atoms with van der Waals surface area (Å²) in [4.78, 5) is 18.9. The van der Waals surface area contributed by atoms with Crippen molar-refractivity contribution in [3.8, 4) is 11.3 Å². The number of aromatic amines is 1. The highest BCUT2D eigenvalue weighted by atomic mass is 32.2. The Morgan fingerprint density at radius 2 is 2.15 bits per heavy atom. The van der Waals surface area contributed by atoms with Crippen LogP contribution in [0.1, 0.15) is 19.8 Å². The van der Waals surface area contributed by atoms with E-state index >= 15 is 0 Å². The lowest BCUT2D eigenvalue weighted by molar-refractivity contribution is -0.140. The highest BCUT2D eigenvalue weighted by molar-refractivity contribution is 7.99. The maximum Gasteiger partial charge on any atom is 0.316 e. The van der Waals surface area contributed by atoms with E-state index in [1.807, 2.05) is 30.3 Å². The van der Waals surface area contributed by atoms with Gasteiger partial charge in [-0.1, -0.05) is 55.4 Å². The van der Waals surface area contributed by atoms with Gasteiger partial charge in [0.25, 0.3) is 0 Å². The third-order valence-corrected chi connectivity index (χ3v) is 3.59. The fourth-order valence-corrected chi connectivity index (χ4v) is 2.29. The first-order chi connectivity index (χ1) is 9.79. The number of ether oxygens (including phenoxy) is 1. The third kappa shape index (κ3) is 4.42. The molecule has 4 nitrogen and oxygen atoms in total. The number of imidazole rings is 1. The number of nitrogens with one attached hydrogen (secondary N) is 1. The summed E-state index contributed by atoms with van der Waals surface area (Å²) in [6.45, 7) is 2.57. The lowest BCUT2D eigenvalue weighted by Gasteiger charge is -2.02. The Balaban J connectivity index is 1.83. The normalized spacial score (nSPS) is 10.4. The summed E-state index contributed by atoms with van der Waals surface area (Å²) in [6, 6.07) is 9.96. The number of aromatic nitrogens is 2. The lowest BCUT2D eigenvalue weighted by Crippen LogP contribution is -2.08. The van der Waals surface area contributed by atoms with Crippen molar-refractivity contribution in [2.45, 2.75) is 24.9 Å². The van der Waals surface area contributed by atoms with Crippen LogP contribution in [0.3, 0.4) is 0 Å². The van der Waals surface area contributed by atoms with Crippen LogP contribution in [0.25, 0.3) is 11.3 Å². The van der Waals surface area contributed by atoms with Gasteiger partial charge in [0.05, 0.1) is 24.3 Å². The minimum absolute atomic E-state index is 0.193. The van der Waals surface area contributed by atoms with Crippen LogP contribution < -0.4 is 0 Å². The first-order valence-corrected chi connectivity index (χ1v) is 7.67. The topological polar surface area (TPSA) is 55.0 Å². The van der Waals surface area contributed by atoms with Gasteiger partial charge in [-0.05, 0) is 12.0 Å². The van der Waals surface area contributed by atoms with Gasteiger partial charge < -0.3 is 9.72 Å². The highest BCUT2D eigenvalue weighted by Crippen LogP contribution is 2.21. The molecule has 0 bridgehead atoms. The largest absolute Gasteiger partial charge is 0.465 e. The number of unbranched alkanes of at least 4 members (excludes halogenated alkanes) is 1. The van der Waals surface area contributed by atoms with Crippen molar-refractivity contribution in [2.24, 2.45) is 0 Å². The minimum Gasteiger partial charge on any atom is -0.465 e. The molecule has 0 fully saturated rings. The summed E-state index contributed by atoms with van der Waals surface area (Å²) in [5, 5.41) is 0.733. The van der Waals surface area contributed by atoms with Gasteiger partial charge in [0.2, 0.25) is 0 Å². The highest BCUT2D eigenvalue weighted by Gasteiger charge is 2.07. The zero-order valence-corrected chi connectivity index (χ0v) is 12.3. The monoisotopic (exact) mass is 290 g/mol. The van der Waals surface area contributed by atoms with Gasteiger partial charge in [0.15, 0.2) is 5.16 Å². The molecule has 1 heterocycles. The van der Waals surface area contributed by atoms with E-state index in [1.165, 1.54) is 11.8 Å². The van der Waals surface area contributed by atoms with Crippen LogP contribution in [0.2, 0.25) is 0 Å². The van der Waals surface area contributed by atoms with Crippen LogP contribution in [-0.4, -0.2) is 28.3 Å². The first-order valence-electron chi connectivity index (χ1n) is 6.68. The molecular weight excluding hydrogens is 272 g/mol. The molecule has 0 amide bonds. The van der Waals surface area contributed by atoms with Crippen LogP contribution >= 0.6 is 11.8 Å². The van der Waals surface area contributed by atoms with E-state index in [0.29, 0.717) is 6.61 Å². The summed E-state index contributed by atoms with van der Waals surface area (Å²) in [7, 11) is 0. The van der Waals surface area contributed by atoms with Crippen molar-refractivity contribution >= 4 is 17.7 Å². The van der Waals surface area contributed by atoms with Crippen LogP contribution in [0.4, 0.5) is 0 Å². The minimum atomic E-state index is -0.193. The Morgan fingerprint density at radius 1 is 1.35 bits per heavy atom. The van der Waals surface area contributed by atoms with Crippen molar-refractivity contribution in [1.29, 1.82) is 0 Å². The Labute approximate surface area is 123 Å². The van der Waals surface area contributed by atoms with Gasteiger partial charge in [-0.25, -0.2) is 4.98 Å². The molecule has 0 aliphatic rings. The van der Waals surface area contributed by atoms with Crippen molar-refractivity contribution in [3.05, 3.63) is 36.5 Å². The van der Waals surface area contributed by atoms with Crippen molar-refractivity contribution < 1.29 is 9.53 Å². The number of carbonyl (C=O) groups excluding carboxylic acids is 1. The number of hydrogen-bond acceptors (Lipinski definition) is 4. The molecule has 0 unspecified atom stereocenters. The molecule has 0 saturated heterocycles. The number of hydrogen-bond donors (Lipinski definition) is 1. The zero-order chi connectivity index (χ0) is 14.2. The van der Waals surface area contributed by atoms with E-state index in [4.69, 9.17) is 4.74 Å². The predicted molar refractivity (Wildman–Crippen MR) is 80.6 cm³/mol. The number of rotatable bonds is 7. The van der Waals surface area contributed by atoms with Crippen LogP contribution in [0, 0.1) is 0 Å². The quantitative estimate of drug-likeness (QED) is 0.481. The SMILES string of the molecule is CCCCOC(=O)CSc1ncc(-c2ccccc2)[nH]1. The van der Waals surface area contributed by atoms with Gasteiger partial charge in [-0.2, -0.15) is 0 Å². The Bertz CT molecular complexity index is 540. The molecule has 1 aromatic heterocycles. The number of esters is 1. The standard InChI is InChI=1S/C15H18N2O2S/c1-2-3-9-19-14(18)11-20-15-16-10-13(17-15)12-7-5-4-6-8-12/h4-8,10H,2-3,9,11H2,1H3,(H,16,17). The van der Waals surface area contributed by atoms with Gasteiger partial charge in [-0.15, -0.1) is 0 Å². The molecule has 0 saturated carbocycles. The summed E-state index contributed by atoms with van der Waals surface area (Å²) >= 11 is 1.36. The predicted octanol–water partition coefficient (Wildman–Crippen LogP) is 3.51. The molecule has 106 valence electrons. The number of thioether (sulfide) groups is 1. The third-order valence-electron chi connectivity index (χ3n) is 2.72. The second-order valence-electron chi connectivity index (χ2n) is 4.33. The molecule has 2 rings (SSSR count). The average molecular weight is 290 g/mol. The van der Waals surface area contributed by atoms with E-state index in [0.717, 1.165) is 29.3 Å². The zero-order valence-electron chi connectivity index (χ0n) is 11.5. The van der Waals surface area contributed by atoms with Gasteiger partial charge in [0, 0.05) is 0 Å². The van der Waals surface area contributed by atoms with Gasteiger partial charge in [0.1, 0.15) is 0 Å². The molecular formula is C15H18N2O2S. The lowest BCUT2D eigenvalue weighted by atomic mass is 10.2.